The summed E-state index contributed by atoms with van der Waals surface area (Å²) in [7, 11) is 0. The van der Waals surface area contributed by atoms with E-state index in [1.807, 2.05) is 25.7 Å². The number of anilines is 2. The first-order valence-electron chi connectivity index (χ1n) is 10.8. The van der Waals surface area contributed by atoms with Gasteiger partial charge in [-0.05, 0) is 41.7 Å². The smallest absolute Gasteiger partial charge is 0.406 e. The zero-order valence-corrected chi connectivity index (χ0v) is 19.9. The van der Waals surface area contributed by atoms with Crippen molar-refractivity contribution >= 4 is 28.9 Å². The van der Waals surface area contributed by atoms with E-state index in [0.29, 0.717) is 31.8 Å². The number of carbonyl (C=O) groups excluding carboxylic acids is 1. The molecule has 34 heavy (non-hydrogen) atoms. The van der Waals surface area contributed by atoms with Crippen molar-refractivity contribution in [1.29, 1.82) is 0 Å². The van der Waals surface area contributed by atoms with Crippen LogP contribution in [0.5, 0.6) is 5.75 Å². The molecule has 1 atom stereocenters. The predicted octanol–water partition coefficient (Wildman–Crippen LogP) is 6.72. The average molecular weight is 503 g/mol. The van der Waals surface area contributed by atoms with Crippen LogP contribution >= 0.6 is 11.6 Å². The third-order valence-electron chi connectivity index (χ3n) is 5.17. The molecule has 3 rings (SSSR count). The van der Waals surface area contributed by atoms with Crippen molar-refractivity contribution in [2.24, 2.45) is 5.41 Å². The molecule has 1 saturated heterocycles. The van der Waals surface area contributed by atoms with Gasteiger partial charge in [-0.25, -0.2) is 4.39 Å². The number of ether oxygens (including phenoxy) is 2. The van der Waals surface area contributed by atoms with E-state index >= 15 is 0 Å². The quantitative estimate of drug-likeness (QED) is 0.461. The number of hydrogen-bond donors (Lipinski definition) is 1. The van der Waals surface area contributed by atoms with Crippen LogP contribution in [-0.4, -0.2) is 32.0 Å². The van der Waals surface area contributed by atoms with Crippen molar-refractivity contribution < 1.29 is 31.8 Å². The van der Waals surface area contributed by atoms with Gasteiger partial charge in [0.25, 0.3) is 0 Å². The van der Waals surface area contributed by atoms with Gasteiger partial charge < -0.3 is 19.7 Å². The lowest BCUT2D eigenvalue weighted by Gasteiger charge is -2.24. The number of halogens is 5. The van der Waals surface area contributed by atoms with Crippen LogP contribution in [0.25, 0.3) is 0 Å². The van der Waals surface area contributed by atoms with E-state index in [0.717, 1.165) is 5.56 Å². The summed E-state index contributed by atoms with van der Waals surface area (Å²) in [4.78, 5) is 14.1. The summed E-state index contributed by atoms with van der Waals surface area (Å²) in [6.07, 6.45) is -4.33. The molecule has 0 unspecified atom stereocenters. The molecule has 5 nitrogen and oxygen atoms in total. The minimum absolute atomic E-state index is 0.0511. The molecule has 1 amide bonds. The molecule has 0 aliphatic carbocycles. The zero-order chi connectivity index (χ0) is 25.1. The number of benzene rings is 2. The van der Waals surface area contributed by atoms with E-state index in [1.165, 1.54) is 30.3 Å². The van der Waals surface area contributed by atoms with Gasteiger partial charge in [0.2, 0.25) is 5.91 Å². The van der Waals surface area contributed by atoms with E-state index in [2.05, 4.69) is 10.1 Å². The Morgan fingerprint density at radius 2 is 1.85 bits per heavy atom. The van der Waals surface area contributed by atoms with E-state index in [9.17, 15) is 22.4 Å². The maximum atomic E-state index is 14.8. The van der Waals surface area contributed by atoms with Gasteiger partial charge in [0, 0.05) is 25.2 Å². The fourth-order valence-electron chi connectivity index (χ4n) is 3.71. The molecule has 1 fully saturated rings. The predicted molar refractivity (Wildman–Crippen MR) is 123 cm³/mol. The summed E-state index contributed by atoms with van der Waals surface area (Å²) in [5.74, 6) is -1.25. The van der Waals surface area contributed by atoms with Gasteiger partial charge in [-0.15, -0.1) is 13.2 Å². The normalized spacial score (nSPS) is 17.3. The van der Waals surface area contributed by atoms with E-state index in [-0.39, 0.29) is 40.3 Å². The van der Waals surface area contributed by atoms with Crippen LogP contribution in [0.1, 0.15) is 45.3 Å². The molecule has 186 valence electrons. The first-order valence-corrected chi connectivity index (χ1v) is 11.2. The average Bonchev–Trinajstić information content (AvgIpc) is 2.95. The summed E-state index contributed by atoms with van der Waals surface area (Å²) < 4.78 is 61.6. The second-order valence-corrected chi connectivity index (χ2v) is 9.73. The van der Waals surface area contributed by atoms with Crippen molar-refractivity contribution in [3.63, 3.8) is 0 Å². The van der Waals surface area contributed by atoms with Crippen LogP contribution in [0, 0.1) is 11.2 Å². The largest absolute Gasteiger partial charge is 0.573 e. The highest BCUT2D eigenvalue weighted by atomic mass is 35.5. The van der Waals surface area contributed by atoms with Crippen LogP contribution < -0.4 is 15.0 Å². The Kier molecular flexibility index (Phi) is 7.98. The van der Waals surface area contributed by atoms with Gasteiger partial charge >= 0.3 is 6.36 Å². The van der Waals surface area contributed by atoms with Gasteiger partial charge in [-0.1, -0.05) is 44.5 Å². The molecule has 1 aliphatic rings. The summed E-state index contributed by atoms with van der Waals surface area (Å²) in [5, 5.41) is 2.65. The van der Waals surface area contributed by atoms with E-state index in [4.69, 9.17) is 16.3 Å². The Morgan fingerprint density at radius 1 is 1.18 bits per heavy atom. The third kappa shape index (κ3) is 7.50. The minimum Gasteiger partial charge on any atom is -0.406 e. The first-order chi connectivity index (χ1) is 15.8. The first kappa shape index (κ1) is 26.1. The summed E-state index contributed by atoms with van der Waals surface area (Å²) >= 11 is 6.29. The Bertz CT molecular complexity index is 984. The van der Waals surface area contributed by atoms with Crippen LogP contribution in [0.4, 0.5) is 28.9 Å². The van der Waals surface area contributed by atoms with E-state index in [1.54, 1.807) is 6.07 Å². The van der Waals surface area contributed by atoms with Crippen LogP contribution in [0.2, 0.25) is 5.02 Å². The highest BCUT2D eigenvalue weighted by Gasteiger charge is 2.31. The summed E-state index contributed by atoms with van der Waals surface area (Å²) in [5.41, 5.74) is 0.970. The zero-order valence-electron chi connectivity index (χ0n) is 19.1. The second-order valence-electron chi connectivity index (χ2n) is 9.32. The van der Waals surface area contributed by atoms with Crippen molar-refractivity contribution in [3.8, 4) is 5.75 Å². The Hall–Kier alpha value is -2.52. The SMILES string of the molecule is CC(C)(C)CC(=O)Nc1c(F)cc(N2CCO[C@@H](c3ccc(OC(F)(F)F)cc3)CC2)cc1Cl. The van der Waals surface area contributed by atoms with Crippen molar-refractivity contribution in [1.82, 2.24) is 0 Å². The van der Waals surface area contributed by atoms with Gasteiger partial charge in [0.15, 0.2) is 0 Å². The number of nitrogens with one attached hydrogen (secondary N) is 1. The van der Waals surface area contributed by atoms with Crippen molar-refractivity contribution in [2.45, 2.75) is 46.1 Å². The lowest BCUT2D eigenvalue weighted by atomic mass is 9.92. The summed E-state index contributed by atoms with van der Waals surface area (Å²) in [6, 6.07) is 8.48. The Morgan fingerprint density at radius 3 is 2.44 bits per heavy atom. The number of nitrogens with zero attached hydrogens (tertiary/aromatic N) is 1. The lowest BCUT2D eigenvalue weighted by molar-refractivity contribution is -0.274. The minimum atomic E-state index is -4.75. The highest BCUT2D eigenvalue weighted by Crippen LogP contribution is 2.34. The van der Waals surface area contributed by atoms with Crippen molar-refractivity contribution in [3.05, 3.63) is 52.8 Å². The molecular formula is C24H27ClF4N2O3. The number of carbonyl (C=O) groups is 1. The molecule has 1 aliphatic heterocycles. The van der Waals surface area contributed by atoms with Gasteiger partial charge in [0.05, 0.1) is 23.4 Å². The molecular weight excluding hydrogens is 476 g/mol. The molecule has 0 radical (unpaired) electrons. The highest BCUT2D eigenvalue weighted by molar-refractivity contribution is 6.34. The van der Waals surface area contributed by atoms with Gasteiger partial charge in [-0.2, -0.15) is 0 Å². The third-order valence-corrected chi connectivity index (χ3v) is 5.47. The van der Waals surface area contributed by atoms with Crippen LogP contribution in [-0.2, 0) is 9.53 Å². The fraction of sp³-hybridized carbons (Fsp3) is 0.458. The number of amides is 1. The topological polar surface area (TPSA) is 50.8 Å². The molecule has 0 spiro atoms. The number of hydrogen-bond acceptors (Lipinski definition) is 4. The van der Waals surface area contributed by atoms with E-state index < -0.39 is 12.2 Å². The van der Waals surface area contributed by atoms with Gasteiger partial charge in [-0.3, -0.25) is 4.79 Å². The standard InChI is InChI=1S/C24H27ClF4N2O3/c1-23(2,3)14-21(32)30-22-18(25)12-16(13-19(22)26)31-9-8-20(33-11-10-31)15-4-6-17(7-5-15)34-24(27,28)29/h4-7,12-13,20H,8-11,14H2,1-3H3,(H,30,32)/t20-/m1/s1. The molecule has 1 N–H and O–H groups in total. The Labute approximate surface area is 201 Å². The maximum absolute atomic E-state index is 14.8. The molecule has 2 aromatic rings. The number of rotatable bonds is 5. The van der Waals surface area contributed by atoms with Gasteiger partial charge in [0.1, 0.15) is 11.6 Å². The second kappa shape index (κ2) is 10.4. The monoisotopic (exact) mass is 502 g/mol. The molecule has 0 bridgehead atoms. The molecule has 10 heteroatoms. The van der Waals surface area contributed by atoms with Crippen LogP contribution in [0.15, 0.2) is 36.4 Å². The maximum Gasteiger partial charge on any atom is 0.573 e. The molecule has 0 aromatic heterocycles. The molecule has 2 aromatic carbocycles. The van der Waals surface area contributed by atoms with Crippen molar-refractivity contribution in [2.75, 3.05) is 29.9 Å². The summed E-state index contributed by atoms with van der Waals surface area (Å²) in [6.45, 7) is 7.04. The molecule has 1 heterocycles. The Balaban J connectivity index is 1.66. The fourth-order valence-corrected chi connectivity index (χ4v) is 3.95. The lowest BCUT2D eigenvalue weighted by Crippen LogP contribution is -2.26. The number of alkyl halides is 3. The van der Waals surface area contributed by atoms with Crippen LogP contribution in [0.3, 0.4) is 0 Å². The molecule has 0 saturated carbocycles.